The van der Waals surface area contributed by atoms with E-state index in [-0.39, 0.29) is 0 Å². The zero-order chi connectivity index (χ0) is 16.1. The van der Waals surface area contributed by atoms with E-state index >= 15 is 0 Å². The number of hydrogen-bond donors (Lipinski definition) is 2. The molecule has 3 N–H and O–H groups in total. The zero-order valence-corrected chi connectivity index (χ0v) is 13.1. The van der Waals surface area contributed by atoms with Gasteiger partial charge < -0.3 is 15.8 Å². The van der Waals surface area contributed by atoms with E-state index in [9.17, 15) is 4.79 Å². The molecule has 0 aromatic heterocycles. The molecule has 1 aliphatic rings. The van der Waals surface area contributed by atoms with E-state index < -0.39 is 11.9 Å². The molecule has 0 spiro atoms. The Balaban J connectivity index is 1.66. The quantitative estimate of drug-likeness (QED) is 0.786. The lowest BCUT2D eigenvalue weighted by Crippen LogP contribution is -2.27. The van der Waals surface area contributed by atoms with Gasteiger partial charge in [-0.3, -0.25) is 4.79 Å². The fourth-order valence-electron chi connectivity index (χ4n) is 2.51. The highest BCUT2D eigenvalue weighted by Crippen LogP contribution is 2.29. The molecular weight excluding hydrogens is 288 g/mol. The van der Waals surface area contributed by atoms with Crippen LogP contribution in [0.3, 0.4) is 0 Å². The van der Waals surface area contributed by atoms with Crippen LogP contribution < -0.4 is 11.1 Å². The van der Waals surface area contributed by atoms with E-state index in [2.05, 4.69) is 5.32 Å². The lowest BCUT2D eigenvalue weighted by atomic mass is 10.1. The third kappa shape index (κ3) is 4.57. The number of rotatable bonds is 8. The third-order valence-electron chi connectivity index (χ3n) is 3.97. The number of hydrogen-bond acceptors (Lipinski definition) is 3. The first-order valence-corrected chi connectivity index (χ1v) is 8.00. The zero-order valence-electron chi connectivity index (χ0n) is 13.1. The molecule has 1 unspecified atom stereocenters. The molecule has 0 heterocycles. The average molecular weight is 310 g/mol. The molecule has 120 valence electrons. The van der Waals surface area contributed by atoms with Crippen molar-refractivity contribution in [3.05, 3.63) is 65.7 Å². The predicted molar refractivity (Wildman–Crippen MR) is 90.8 cm³/mol. The maximum Gasteiger partial charge on any atom is 0.244 e. The molecule has 3 rings (SSSR count). The van der Waals surface area contributed by atoms with E-state index in [1.165, 1.54) is 12.8 Å². The molecule has 1 atom stereocenters. The topological polar surface area (TPSA) is 64.4 Å². The van der Waals surface area contributed by atoms with Crippen molar-refractivity contribution in [2.75, 3.05) is 11.9 Å². The standard InChI is InChI=1S/C19H22N2O2/c20-19(22)18(16-6-2-1-3-7-16)21-17-8-4-5-15(11-17)13-23-12-14-9-10-14/h1-8,11,14,18,21H,9-10,12-13H2,(H2,20,22). The van der Waals surface area contributed by atoms with Crippen LogP contribution in [0.4, 0.5) is 5.69 Å². The van der Waals surface area contributed by atoms with Gasteiger partial charge in [-0.15, -0.1) is 0 Å². The van der Waals surface area contributed by atoms with Crippen LogP contribution in [0.1, 0.15) is 30.0 Å². The highest BCUT2D eigenvalue weighted by atomic mass is 16.5. The van der Waals surface area contributed by atoms with Gasteiger partial charge in [-0.2, -0.15) is 0 Å². The summed E-state index contributed by atoms with van der Waals surface area (Å²) in [6.45, 7) is 1.43. The molecule has 4 nitrogen and oxygen atoms in total. The van der Waals surface area contributed by atoms with Gasteiger partial charge in [-0.05, 0) is 42.0 Å². The third-order valence-corrected chi connectivity index (χ3v) is 3.97. The number of amides is 1. The molecule has 4 heteroatoms. The molecule has 1 fully saturated rings. The normalized spacial score (nSPS) is 15.1. The van der Waals surface area contributed by atoms with Crippen LogP contribution in [0.2, 0.25) is 0 Å². The molecule has 0 aliphatic heterocycles. The van der Waals surface area contributed by atoms with Crippen molar-refractivity contribution < 1.29 is 9.53 Å². The van der Waals surface area contributed by atoms with Gasteiger partial charge in [-0.1, -0.05) is 42.5 Å². The molecule has 2 aromatic rings. The summed E-state index contributed by atoms with van der Waals surface area (Å²) in [7, 11) is 0. The van der Waals surface area contributed by atoms with E-state index in [4.69, 9.17) is 10.5 Å². The van der Waals surface area contributed by atoms with Gasteiger partial charge in [0.2, 0.25) is 5.91 Å². The summed E-state index contributed by atoms with van der Waals surface area (Å²) >= 11 is 0. The van der Waals surface area contributed by atoms with Crippen LogP contribution in [0.5, 0.6) is 0 Å². The molecule has 1 amide bonds. The number of primary amides is 1. The number of ether oxygens (including phenoxy) is 1. The fraction of sp³-hybridized carbons (Fsp3) is 0.316. The van der Waals surface area contributed by atoms with Gasteiger partial charge in [0.25, 0.3) is 0 Å². The lowest BCUT2D eigenvalue weighted by Gasteiger charge is -2.17. The smallest absolute Gasteiger partial charge is 0.244 e. The van der Waals surface area contributed by atoms with Crippen LogP contribution >= 0.6 is 0 Å². The Morgan fingerprint density at radius 3 is 2.65 bits per heavy atom. The summed E-state index contributed by atoms with van der Waals surface area (Å²) in [5, 5.41) is 3.22. The Morgan fingerprint density at radius 2 is 1.96 bits per heavy atom. The SMILES string of the molecule is NC(=O)C(Nc1cccc(COCC2CC2)c1)c1ccccc1. The number of carbonyl (C=O) groups is 1. The molecule has 0 radical (unpaired) electrons. The average Bonchev–Trinajstić information content (AvgIpc) is 3.38. The van der Waals surface area contributed by atoms with Gasteiger partial charge in [0.15, 0.2) is 0 Å². The minimum atomic E-state index is -0.543. The van der Waals surface area contributed by atoms with Gasteiger partial charge in [0.05, 0.1) is 6.61 Å². The van der Waals surface area contributed by atoms with E-state index in [0.717, 1.165) is 29.3 Å². The van der Waals surface area contributed by atoms with Crippen molar-refractivity contribution in [1.82, 2.24) is 0 Å². The molecule has 0 bridgehead atoms. The van der Waals surface area contributed by atoms with Gasteiger partial charge in [0, 0.05) is 12.3 Å². The molecular formula is C19H22N2O2. The van der Waals surface area contributed by atoms with E-state index in [0.29, 0.717) is 6.61 Å². The molecule has 23 heavy (non-hydrogen) atoms. The lowest BCUT2D eigenvalue weighted by molar-refractivity contribution is -0.118. The minimum Gasteiger partial charge on any atom is -0.376 e. The van der Waals surface area contributed by atoms with Gasteiger partial charge >= 0.3 is 0 Å². The molecule has 2 aromatic carbocycles. The fourth-order valence-corrected chi connectivity index (χ4v) is 2.51. The molecule has 1 aliphatic carbocycles. The Kier molecular flexibility index (Phi) is 4.93. The van der Waals surface area contributed by atoms with Crippen LogP contribution in [-0.2, 0) is 16.1 Å². The first-order valence-electron chi connectivity index (χ1n) is 8.00. The predicted octanol–water partition coefficient (Wildman–Crippen LogP) is 3.25. The van der Waals surface area contributed by atoms with Crippen molar-refractivity contribution in [3.8, 4) is 0 Å². The monoisotopic (exact) mass is 310 g/mol. The van der Waals surface area contributed by atoms with Crippen LogP contribution in [0.25, 0.3) is 0 Å². The Labute approximate surface area is 136 Å². The second-order valence-electron chi connectivity index (χ2n) is 6.05. The van der Waals surface area contributed by atoms with E-state index in [1.54, 1.807) is 0 Å². The van der Waals surface area contributed by atoms with Crippen molar-refractivity contribution in [3.63, 3.8) is 0 Å². The van der Waals surface area contributed by atoms with Crippen molar-refractivity contribution in [2.45, 2.75) is 25.5 Å². The Bertz CT molecular complexity index is 653. The van der Waals surface area contributed by atoms with Crippen LogP contribution in [0.15, 0.2) is 54.6 Å². The Hall–Kier alpha value is -2.33. The number of nitrogens with two attached hydrogens (primary N) is 1. The van der Waals surface area contributed by atoms with E-state index in [1.807, 2.05) is 54.6 Å². The van der Waals surface area contributed by atoms with Crippen LogP contribution in [-0.4, -0.2) is 12.5 Å². The number of benzene rings is 2. The molecule has 0 saturated heterocycles. The summed E-state index contributed by atoms with van der Waals surface area (Å²) in [6, 6.07) is 16.9. The van der Waals surface area contributed by atoms with Crippen LogP contribution in [0, 0.1) is 5.92 Å². The summed E-state index contributed by atoms with van der Waals surface area (Å²) in [5.41, 5.74) is 8.36. The summed E-state index contributed by atoms with van der Waals surface area (Å²) in [4.78, 5) is 11.8. The first-order chi connectivity index (χ1) is 11.2. The maximum atomic E-state index is 11.8. The van der Waals surface area contributed by atoms with Crippen molar-refractivity contribution in [1.29, 1.82) is 0 Å². The second kappa shape index (κ2) is 7.29. The largest absolute Gasteiger partial charge is 0.376 e. The first kappa shape index (κ1) is 15.6. The summed E-state index contributed by atoms with van der Waals surface area (Å²) in [6.07, 6.45) is 2.58. The highest BCUT2D eigenvalue weighted by Gasteiger charge is 2.21. The number of nitrogens with one attached hydrogen (secondary N) is 1. The molecule has 1 saturated carbocycles. The van der Waals surface area contributed by atoms with Crippen molar-refractivity contribution >= 4 is 11.6 Å². The number of anilines is 1. The summed E-state index contributed by atoms with van der Waals surface area (Å²) < 4.78 is 5.72. The van der Waals surface area contributed by atoms with Crippen molar-refractivity contribution in [2.24, 2.45) is 11.7 Å². The second-order valence-corrected chi connectivity index (χ2v) is 6.05. The minimum absolute atomic E-state index is 0.397. The maximum absolute atomic E-state index is 11.8. The Morgan fingerprint density at radius 1 is 1.17 bits per heavy atom. The summed E-state index contributed by atoms with van der Waals surface area (Å²) in [5.74, 6) is 0.361. The number of carbonyl (C=O) groups excluding carboxylic acids is 1. The van der Waals surface area contributed by atoms with Gasteiger partial charge in [0.1, 0.15) is 6.04 Å². The highest BCUT2D eigenvalue weighted by molar-refractivity contribution is 5.84. The van der Waals surface area contributed by atoms with Gasteiger partial charge in [-0.25, -0.2) is 0 Å².